The predicted molar refractivity (Wildman–Crippen MR) is 94.2 cm³/mol. The minimum absolute atomic E-state index is 0.0264. The van der Waals surface area contributed by atoms with Crippen molar-refractivity contribution >= 4 is 11.9 Å². The highest BCUT2D eigenvalue weighted by molar-refractivity contribution is 5.88. The fourth-order valence-corrected chi connectivity index (χ4v) is 3.25. The molecule has 3 rings (SSSR count). The zero-order valence-corrected chi connectivity index (χ0v) is 15.4. The first-order chi connectivity index (χ1) is 13.1. The van der Waals surface area contributed by atoms with Gasteiger partial charge in [-0.3, -0.25) is 4.79 Å². The van der Waals surface area contributed by atoms with Crippen LogP contribution in [0.4, 0.5) is 0 Å². The maximum Gasteiger partial charge on any atom is 0.377 e. The average molecular weight is 377 g/mol. The predicted octanol–water partition coefficient (Wildman–Crippen LogP) is 1.80. The maximum absolute atomic E-state index is 12.7. The van der Waals surface area contributed by atoms with Gasteiger partial charge in [0.05, 0.1) is 20.3 Å². The Hall–Kier alpha value is -2.90. The van der Waals surface area contributed by atoms with Gasteiger partial charge < -0.3 is 28.6 Å². The fraction of sp³-hybridized carbons (Fsp3) is 0.474. The molecule has 0 bridgehead atoms. The monoisotopic (exact) mass is 377 g/mol. The number of methoxy groups -OCH3 is 2. The number of amides is 1. The lowest BCUT2D eigenvalue weighted by molar-refractivity contribution is -0.153. The Bertz CT molecular complexity index is 731. The van der Waals surface area contributed by atoms with Crippen LogP contribution in [-0.2, 0) is 23.8 Å². The van der Waals surface area contributed by atoms with Crippen LogP contribution >= 0.6 is 0 Å². The molecule has 1 atom stereocenters. The number of ether oxygens (including phenoxy) is 5. The van der Waals surface area contributed by atoms with Crippen LogP contribution in [0, 0.1) is 0 Å². The highest BCUT2D eigenvalue weighted by Gasteiger charge is 2.33. The van der Waals surface area contributed by atoms with E-state index in [1.54, 1.807) is 19.1 Å². The lowest BCUT2D eigenvalue weighted by atomic mass is 10.0. The quantitative estimate of drug-likeness (QED) is 0.699. The molecule has 1 fully saturated rings. The molecule has 27 heavy (non-hydrogen) atoms. The van der Waals surface area contributed by atoms with E-state index in [9.17, 15) is 9.59 Å². The number of nitrogens with zero attached hydrogens (tertiary/aromatic N) is 1. The van der Waals surface area contributed by atoms with Gasteiger partial charge in [0.15, 0.2) is 6.61 Å². The summed E-state index contributed by atoms with van der Waals surface area (Å²) in [5, 5.41) is 0. The van der Waals surface area contributed by atoms with E-state index < -0.39 is 5.97 Å². The third kappa shape index (κ3) is 4.27. The molecule has 8 nitrogen and oxygen atoms in total. The third-order valence-corrected chi connectivity index (χ3v) is 4.55. The van der Waals surface area contributed by atoms with Crippen LogP contribution in [0.3, 0.4) is 0 Å². The first-order valence-electron chi connectivity index (χ1n) is 8.77. The minimum Gasteiger partial charge on any atom is -0.497 e. The molecule has 2 aliphatic heterocycles. The Morgan fingerprint density at radius 1 is 1.22 bits per heavy atom. The van der Waals surface area contributed by atoms with Crippen molar-refractivity contribution in [2.45, 2.75) is 18.9 Å². The van der Waals surface area contributed by atoms with E-state index in [1.807, 2.05) is 18.2 Å². The van der Waals surface area contributed by atoms with Crippen LogP contribution in [0.2, 0.25) is 0 Å². The second-order valence-electron chi connectivity index (χ2n) is 6.13. The second kappa shape index (κ2) is 8.66. The van der Waals surface area contributed by atoms with E-state index >= 15 is 0 Å². The zero-order chi connectivity index (χ0) is 19.2. The van der Waals surface area contributed by atoms with Crippen LogP contribution in [0.5, 0.6) is 11.5 Å². The summed E-state index contributed by atoms with van der Waals surface area (Å²) in [6, 6.07) is 5.35. The van der Waals surface area contributed by atoms with Crippen LogP contribution in [0.1, 0.15) is 24.4 Å². The average Bonchev–Trinajstić information content (AvgIpc) is 3.21. The first kappa shape index (κ1) is 18.9. The summed E-state index contributed by atoms with van der Waals surface area (Å²) in [7, 11) is 3.18. The number of benzene rings is 1. The van der Waals surface area contributed by atoms with Crippen molar-refractivity contribution in [3.63, 3.8) is 0 Å². The van der Waals surface area contributed by atoms with Gasteiger partial charge in [-0.15, -0.1) is 0 Å². The first-order valence-corrected chi connectivity index (χ1v) is 8.77. The van der Waals surface area contributed by atoms with Crippen molar-refractivity contribution < 1.29 is 33.3 Å². The van der Waals surface area contributed by atoms with E-state index in [1.165, 1.54) is 6.26 Å². The van der Waals surface area contributed by atoms with Gasteiger partial charge in [0.1, 0.15) is 31.0 Å². The second-order valence-corrected chi connectivity index (χ2v) is 6.13. The van der Waals surface area contributed by atoms with Gasteiger partial charge in [-0.25, -0.2) is 4.79 Å². The number of carbonyl (C=O) groups excluding carboxylic acids is 2. The molecule has 0 spiro atoms. The topological polar surface area (TPSA) is 83.5 Å². The number of hydrogen-bond donors (Lipinski definition) is 0. The Labute approximate surface area is 157 Å². The van der Waals surface area contributed by atoms with Gasteiger partial charge in [-0.1, -0.05) is 0 Å². The van der Waals surface area contributed by atoms with Crippen molar-refractivity contribution in [1.29, 1.82) is 0 Å². The number of likely N-dealkylation sites (tertiary alicyclic amines) is 1. The summed E-state index contributed by atoms with van der Waals surface area (Å²) in [5.41, 5.74) is 0.876. The number of carbonyl (C=O) groups is 2. The molecular formula is C19H23NO7. The Morgan fingerprint density at radius 3 is 2.78 bits per heavy atom. The lowest BCUT2D eigenvalue weighted by Crippen LogP contribution is -2.34. The molecule has 2 heterocycles. The van der Waals surface area contributed by atoms with Gasteiger partial charge in [0, 0.05) is 12.1 Å². The van der Waals surface area contributed by atoms with Gasteiger partial charge in [-0.05, 0) is 31.0 Å². The number of esters is 1. The number of hydrogen-bond acceptors (Lipinski definition) is 7. The minimum atomic E-state index is -0.710. The molecule has 1 saturated heterocycles. The van der Waals surface area contributed by atoms with E-state index in [2.05, 4.69) is 0 Å². The Morgan fingerprint density at radius 2 is 2.07 bits per heavy atom. The molecule has 0 radical (unpaired) electrons. The summed E-state index contributed by atoms with van der Waals surface area (Å²) < 4.78 is 26.0. The largest absolute Gasteiger partial charge is 0.497 e. The molecule has 2 aliphatic rings. The van der Waals surface area contributed by atoms with Crippen LogP contribution in [-0.4, -0.2) is 57.4 Å². The van der Waals surface area contributed by atoms with Gasteiger partial charge in [0.2, 0.25) is 5.76 Å². The molecule has 0 unspecified atom stereocenters. The Balaban J connectivity index is 1.68. The van der Waals surface area contributed by atoms with Crippen molar-refractivity contribution in [3.05, 3.63) is 35.8 Å². The van der Waals surface area contributed by atoms with Crippen molar-refractivity contribution in [2.24, 2.45) is 0 Å². The lowest BCUT2D eigenvalue weighted by Gasteiger charge is -2.26. The normalized spacial score (nSPS) is 18.8. The summed E-state index contributed by atoms with van der Waals surface area (Å²) in [6.07, 6.45) is 2.86. The number of rotatable bonds is 6. The van der Waals surface area contributed by atoms with Gasteiger partial charge >= 0.3 is 5.97 Å². The molecule has 1 aromatic carbocycles. The molecule has 0 aliphatic carbocycles. The fourth-order valence-electron chi connectivity index (χ4n) is 3.25. The summed E-state index contributed by atoms with van der Waals surface area (Å²) in [5.74, 6) is 0.376. The van der Waals surface area contributed by atoms with Crippen LogP contribution in [0.25, 0.3) is 0 Å². The smallest absolute Gasteiger partial charge is 0.377 e. The summed E-state index contributed by atoms with van der Waals surface area (Å²) in [6.45, 7) is 0.887. The molecule has 1 aromatic rings. The van der Waals surface area contributed by atoms with Crippen LogP contribution < -0.4 is 9.47 Å². The standard InChI is InChI=1S/C19H23NO7/c1-23-13-5-6-16(24-2)14(10-13)15-4-3-7-20(15)18(21)12-27-19(22)17-11-25-8-9-26-17/h5-6,10-11,15H,3-4,7-9,12H2,1-2H3/t15-/m1/s1. The summed E-state index contributed by atoms with van der Waals surface area (Å²) >= 11 is 0. The van der Waals surface area contributed by atoms with Gasteiger partial charge in [-0.2, -0.15) is 0 Å². The zero-order valence-electron chi connectivity index (χ0n) is 15.4. The summed E-state index contributed by atoms with van der Waals surface area (Å²) in [4.78, 5) is 26.3. The molecule has 0 N–H and O–H groups in total. The SMILES string of the molecule is COc1ccc(OC)c([C@H]2CCCN2C(=O)COC(=O)C2=COCCO2)c1. The molecule has 0 saturated carbocycles. The van der Waals surface area contributed by atoms with Crippen molar-refractivity contribution in [2.75, 3.05) is 40.6 Å². The molecule has 1 amide bonds. The molecular weight excluding hydrogens is 354 g/mol. The van der Waals surface area contributed by atoms with Crippen molar-refractivity contribution in [1.82, 2.24) is 4.90 Å². The van der Waals surface area contributed by atoms with E-state index in [4.69, 9.17) is 23.7 Å². The van der Waals surface area contributed by atoms with E-state index in [-0.39, 0.29) is 30.9 Å². The highest BCUT2D eigenvalue weighted by atomic mass is 16.6. The Kier molecular flexibility index (Phi) is 6.05. The maximum atomic E-state index is 12.7. The van der Waals surface area contributed by atoms with E-state index in [0.717, 1.165) is 18.4 Å². The molecule has 8 heteroatoms. The van der Waals surface area contributed by atoms with Crippen LogP contribution in [0.15, 0.2) is 30.2 Å². The third-order valence-electron chi connectivity index (χ3n) is 4.55. The molecule has 146 valence electrons. The van der Waals surface area contributed by atoms with Gasteiger partial charge in [0.25, 0.3) is 5.91 Å². The molecule has 0 aromatic heterocycles. The van der Waals surface area contributed by atoms with Crippen molar-refractivity contribution in [3.8, 4) is 11.5 Å². The van der Waals surface area contributed by atoms with E-state index in [0.29, 0.717) is 24.7 Å². The highest BCUT2D eigenvalue weighted by Crippen LogP contribution is 2.38.